The number of rotatable bonds is 7. The number of para-hydroxylation sites is 4. The summed E-state index contributed by atoms with van der Waals surface area (Å²) in [6.45, 7) is 9.35. The topological polar surface area (TPSA) is 32.3 Å². The van der Waals surface area contributed by atoms with E-state index >= 15 is 0 Å². The molecule has 2 aliphatic carbocycles. The Kier molecular flexibility index (Phi) is 8.15. The van der Waals surface area contributed by atoms with Gasteiger partial charge in [-0.15, -0.1) is 0 Å². The van der Waals surface area contributed by atoms with Crippen molar-refractivity contribution in [2.24, 2.45) is 0 Å². The highest BCUT2D eigenvalue weighted by atomic mass is 15.1. The van der Waals surface area contributed by atoms with Crippen LogP contribution in [-0.4, -0.2) is 9.97 Å². The molecule has 0 N–H and O–H groups in total. The first-order chi connectivity index (χ1) is 29.3. The van der Waals surface area contributed by atoms with Crippen LogP contribution in [0.3, 0.4) is 0 Å². The first-order valence-electron chi connectivity index (χ1n) is 20.8. The van der Waals surface area contributed by atoms with Gasteiger partial charge in [-0.3, -0.25) is 4.98 Å². The van der Waals surface area contributed by atoms with E-state index < -0.39 is 0 Å². The molecule has 0 atom stereocenters. The van der Waals surface area contributed by atoms with E-state index in [-0.39, 0.29) is 10.8 Å². The fourth-order valence-corrected chi connectivity index (χ4v) is 9.62. The molecule has 0 amide bonds. The summed E-state index contributed by atoms with van der Waals surface area (Å²) in [5, 5.41) is 1.10. The van der Waals surface area contributed by atoms with Gasteiger partial charge in [-0.2, -0.15) is 0 Å². The minimum Gasteiger partial charge on any atom is -0.310 e. The van der Waals surface area contributed by atoms with E-state index in [1.165, 1.54) is 33.4 Å². The van der Waals surface area contributed by atoms with Crippen molar-refractivity contribution in [2.75, 3.05) is 9.80 Å². The standard InChI is InChI=1S/C56H44N4/c1-55(2)48-34-38(51-31-26-37-33-43(28-32-52(37)57-51)59(39-17-9-5-10-18-39)40-19-11-6-12-20-40)25-29-46(48)53-50(55)36-47-45-30-27-44(35-49(45)56(3,4)54(47)58-53)60(41-21-13-7-14-22-41)42-23-15-8-16-24-42/h5-36H,1-4H3. The van der Waals surface area contributed by atoms with Gasteiger partial charge in [0, 0.05) is 67.0 Å². The lowest BCUT2D eigenvalue weighted by Gasteiger charge is -2.27. The molecule has 2 aliphatic rings. The fourth-order valence-electron chi connectivity index (χ4n) is 9.62. The number of hydrogen-bond acceptors (Lipinski definition) is 4. The SMILES string of the molecule is CC1(C)c2cc(-c3ccc4cc(N(c5ccccc5)c5ccccc5)ccc4n3)ccc2-c2nc3c(cc21)-c1ccc(N(c2ccccc2)c2ccccc2)cc1C3(C)C. The first-order valence-corrected chi connectivity index (χ1v) is 20.8. The lowest BCUT2D eigenvalue weighted by atomic mass is 9.81. The minimum atomic E-state index is -0.282. The van der Waals surface area contributed by atoms with Gasteiger partial charge >= 0.3 is 0 Å². The van der Waals surface area contributed by atoms with Gasteiger partial charge in [-0.05, 0) is 119 Å². The van der Waals surface area contributed by atoms with Gasteiger partial charge in [0.05, 0.1) is 22.6 Å². The maximum Gasteiger partial charge on any atom is 0.0750 e. The second-order valence-electron chi connectivity index (χ2n) is 17.1. The molecule has 2 aromatic heterocycles. The van der Waals surface area contributed by atoms with Gasteiger partial charge < -0.3 is 9.80 Å². The zero-order valence-corrected chi connectivity index (χ0v) is 34.3. The Morgan fingerprint density at radius 3 is 1.47 bits per heavy atom. The fraction of sp³-hybridized carbons (Fsp3) is 0.107. The predicted octanol–water partition coefficient (Wildman–Crippen LogP) is 14.8. The molecule has 0 unspecified atom stereocenters. The lowest BCUT2D eigenvalue weighted by molar-refractivity contribution is 0.631. The monoisotopic (exact) mass is 772 g/mol. The van der Waals surface area contributed by atoms with Crippen molar-refractivity contribution >= 4 is 45.0 Å². The number of fused-ring (bicyclic) bond motifs is 7. The van der Waals surface area contributed by atoms with Gasteiger partial charge in [-0.25, -0.2) is 4.98 Å². The zero-order valence-electron chi connectivity index (χ0n) is 34.3. The Morgan fingerprint density at radius 1 is 0.367 bits per heavy atom. The number of hydrogen-bond donors (Lipinski definition) is 0. The van der Waals surface area contributed by atoms with Crippen LogP contribution in [0, 0.1) is 0 Å². The third-order valence-corrected chi connectivity index (χ3v) is 12.7. The molecule has 0 saturated heterocycles. The Bertz CT molecular complexity index is 3000. The number of benzene rings is 7. The summed E-state index contributed by atoms with van der Waals surface area (Å²) in [7, 11) is 0. The zero-order chi connectivity index (χ0) is 40.6. The average Bonchev–Trinajstić information content (AvgIpc) is 3.65. The van der Waals surface area contributed by atoms with Crippen LogP contribution in [0.1, 0.15) is 50.1 Å². The smallest absolute Gasteiger partial charge is 0.0750 e. The molecule has 7 aromatic carbocycles. The Balaban J connectivity index is 0.938. The first kappa shape index (κ1) is 35.8. The molecule has 60 heavy (non-hydrogen) atoms. The van der Waals surface area contributed by atoms with Crippen LogP contribution >= 0.6 is 0 Å². The second-order valence-corrected chi connectivity index (χ2v) is 17.1. The highest BCUT2D eigenvalue weighted by molar-refractivity contribution is 5.91. The minimum absolute atomic E-state index is 0.239. The molecule has 0 bridgehead atoms. The van der Waals surface area contributed by atoms with E-state index in [9.17, 15) is 0 Å². The molecule has 4 heteroatoms. The Morgan fingerprint density at radius 2 is 0.883 bits per heavy atom. The number of nitrogens with zero attached hydrogens (tertiary/aromatic N) is 4. The molecule has 0 fully saturated rings. The summed E-state index contributed by atoms with van der Waals surface area (Å²) in [4.78, 5) is 15.5. The van der Waals surface area contributed by atoms with E-state index in [1.807, 2.05) is 0 Å². The molecular weight excluding hydrogens is 729 g/mol. The molecule has 288 valence electrons. The molecular formula is C56H44N4. The average molecular weight is 773 g/mol. The van der Waals surface area contributed by atoms with E-state index in [4.69, 9.17) is 9.97 Å². The van der Waals surface area contributed by atoms with Crippen molar-refractivity contribution in [2.45, 2.75) is 38.5 Å². The van der Waals surface area contributed by atoms with Crippen molar-refractivity contribution in [3.63, 3.8) is 0 Å². The Hall–Kier alpha value is -7.30. The third-order valence-electron chi connectivity index (χ3n) is 12.7. The summed E-state index contributed by atoms with van der Waals surface area (Å²) in [5.41, 5.74) is 19.1. The predicted molar refractivity (Wildman–Crippen MR) is 249 cm³/mol. The Labute approximate surface area is 352 Å². The number of pyridine rings is 2. The van der Waals surface area contributed by atoms with Gasteiger partial charge in [-0.1, -0.05) is 125 Å². The molecule has 2 heterocycles. The summed E-state index contributed by atoms with van der Waals surface area (Å²) in [5.74, 6) is 0. The van der Waals surface area contributed by atoms with Gasteiger partial charge in [0.25, 0.3) is 0 Å². The van der Waals surface area contributed by atoms with Crippen LogP contribution in [0.2, 0.25) is 0 Å². The van der Waals surface area contributed by atoms with E-state index in [1.54, 1.807) is 0 Å². The summed E-state index contributed by atoms with van der Waals surface area (Å²) in [6.07, 6.45) is 0. The van der Waals surface area contributed by atoms with Crippen molar-refractivity contribution in [1.82, 2.24) is 9.97 Å². The van der Waals surface area contributed by atoms with Crippen LogP contribution in [0.5, 0.6) is 0 Å². The summed E-state index contributed by atoms with van der Waals surface area (Å²) in [6, 6.07) is 69.5. The van der Waals surface area contributed by atoms with Crippen molar-refractivity contribution in [3.8, 4) is 33.6 Å². The maximum atomic E-state index is 5.61. The van der Waals surface area contributed by atoms with Crippen LogP contribution in [0.15, 0.2) is 194 Å². The third kappa shape index (κ3) is 5.66. The van der Waals surface area contributed by atoms with Crippen molar-refractivity contribution < 1.29 is 0 Å². The van der Waals surface area contributed by atoms with E-state index in [0.717, 1.165) is 67.7 Å². The summed E-state index contributed by atoms with van der Waals surface area (Å²) < 4.78 is 0. The molecule has 9 aromatic rings. The van der Waals surface area contributed by atoms with Crippen LogP contribution < -0.4 is 9.80 Å². The van der Waals surface area contributed by atoms with Gasteiger partial charge in [0.2, 0.25) is 0 Å². The summed E-state index contributed by atoms with van der Waals surface area (Å²) >= 11 is 0. The van der Waals surface area contributed by atoms with E-state index in [2.05, 4.69) is 232 Å². The second kappa shape index (κ2) is 13.6. The largest absolute Gasteiger partial charge is 0.310 e. The molecule has 0 radical (unpaired) electrons. The molecule has 0 aliphatic heterocycles. The maximum absolute atomic E-state index is 5.61. The molecule has 4 nitrogen and oxygen atoms in total. The van der Waals surface area contributed by atoms with Crippen molar-refractivity contribution in [1.29, 1.82) is 0 Å². The molecule has 0 spiro atoms. The molecule has 11 rings (SSSR count). The van der Waals surface area contributed by atoms with Gasteiger partial charge in [0.15, 0.2) is 0 Å². The number of anilines is 6. The highest BCUT2D eigenvalue weighted by Gasteiger charge is 2.43. The molecule has 0 saturated carbocycles. The highest BCUT2D eigenvalue weighted by Crippen LogP contribution is 2.56. The van der Waals surface area contributed by atoms with Crippen molar-refractivity contribution in [3.05, 3.63) is 217 Å². The normalized spacial score (nSPS) is 13.9. The van der Waals surface area contributed by atoms with Crippen LogP contribution in [-0.2, 0) is 10.8 Å². The van der Waals surface area contributed by atoms with Crippen LogP contribution in [0.4, 0.5) is 34.1 Å². The quantitative estimate of drug-likeness (QED) is 0.161. The number of aromatic nitrogens is 2. The van der Waals surface area contributed by atoms with Gasteiger partial charge in [0.1, 0.15) is 0 Å². The van der Waals surface area contributed by atoms with Crippen LogP contribution in [0.25, 0.3) is 44.5 Å². The lowest BCUT2D eigenvalue weighted by Crippen LogP contribution is -2.19. The van der Waals surface area contributed by atoms with E-state index in [0.29, 0.717) is 0 Å².